The lowest BCUT2D eigenvalue weighted by Crippen LogP contribution is -2.38. The van der Waals surface area contributed by atoms with Gasteiger partial charge < -0.3 is 5.73 Å². The topological polar surface area (TPSA) is 63.4 Å². The summed E-state index contributed by atoms with van der Waals surface area (Å²) in [6, 6.07) is 2.02. The van der Waals surface area contributed by atoms with Crippen LogP contribution in [-0.2, 0) is 10.0 Å². The van der Waals surface area contributed by atoms with Crippen LogP contribution in [0, 0.1) is 5.82 Å². The highest BCUT2D eigenvalue weighted by Gasteiger charge is 2.29. The van der Waals surface area contributed by atoms with Gasteiger partial charge in [0, 0.05) is 22.7 Å². The first-order valence-corrected chi connectivity index (χ1v) is 9.21. The molecule has 1 aromatic rings. The summed E-state index contributed by atoms with van der Waals surface area (Å²) < 4.78 is 41.1. The second-order valence-electron chi connectivity index (χ2n) is 5.22. The van der Waals surface area contributed by atoms with Crippen molar-refractivity contribution < 1.29 is 12.8 Å². The number of anilines is 1. The van der Waals surface area contributed by atoms with Crippen LogP contribution in [0.15, 0.2) is 21.5 Å². The van der Waals surface area contributed by atoms with E-state index in [-0.39, 0.29) is 16.6 Å². The van der Waals surface area contributed by atoms with Gasteiger partial charge in [-0.2, -0.15) is 4.31 Å². The van der Waals surface area contributed by atoms with Crippen molar-refractivity contribution in [3.05, 3.63) is 22.4 Å². The molecule has 0 fully saturated rings. The summed E-state index contributed by atoms with van der Waals surface area (Å²) in [5, 5.41) is 0. The predicted octanol–water partition coefficient (Wildman–Crippen LogP) is 3.76. The molecule has 2 N–H and O–H groups in total. The molecule has 21 heavy (non-hydrogen) atoms. The first-order chi connectivity index (χ1) is 9.71. The van der Waals surface area contributed by atoms with E-state index < -0.39 is 15.8 Å². The highest BCUT2D eigenvalue weighted by Crippen LogP contribution is 2.29. The molecule has 0 spiro atoms. The number of nitrogens with zero attached hydrogens (tertiary/aromatic N) is 1. The molecule has 0 amide bonds. The van der Waals surface area contributed by atoms with E-state index in [4.69, 9.17) is 5.73 Å². The fourth-order valence-corrected chi connectivity index (χ4v) is 4.12. The minimum atomic E-state index is -3.89. The van der Waals surface area contributed by atoms with E-state index in [2.05, 4.69) is 15.9 Å². The molecule has 0 unspecified atom stereocenters. The Morgan fingerprint density at radius 1 is 1.33 bits per heavy atom. The summed E-state index contributed by atoms with van der Waals surface area (Å²) >= 11 is 3.09. The number of nitrogens with two attached hydrogens (primary N) is 1. The fourth-order valence-electron chi connectivity index (χ4n) is 2.04. The first kappa shape index (κ1) is 18.4. The Hall–Kier alpha value is -0.660. The lowest BCUT2D eigenvalue weighted by atomic mass is 10.2. The number of unbranched alkanes of at least 4 members (excludes halogenated alkanes) is 2. The Labute approximate surface area is 134 Å². The summed E-state index contributed by atoms with van der Waals surface area (Å²) in [7, 11) is -3.89. The molecule has 0 saturated heterocycles. The van der Waals surface area contributed by atoms with Crippen LogP contribution in [0.2, 0.25) is 0 Å². The molecular formula is C14H22BrFN2O2S. The zero-order chi connectivity index (χ0) is 16.2. The smallest absolute Gasteiger partial charge is 0.246 e. The fraction of sp³-hybridized carbons (Fsp3) is 0.571. The summed E-state index contributed by atoms with van der Waals surface area (Å²) in [5.41, 5.74) is 5.89. The molecule has 4 nitrogen and oxygen atoms in total. The van der Waals surface area contributed by atoms with E-state index >= 15 is 0 Å². The molecule has 0 bridgehead atoms. The Morgan fingerprint density at radius 3 is 2.48 bits per heavy atom. The number of halogens is 2. The molecule has 0 heterocycles. The van der Waals surface area contributed by atoms with E-state index in [1.54, 1.807) is 13.8 Å². The van der Waals surface area contributed by atoms with Gasteiger partial charge in [-0.25, -0.2) is 12.8 Å². The average molecular weight is 381 g/mol. The van der Waals surface area contributed by atoms with Crippen LogP contribution < -0.4 is 5.73 Å². The normalized spacial score (nSPS) is 12.3. The van der Waals surface area contributed by atoms with Gasteiger partial charge in [-0.05, 0) is 48.3 Å². The number of benzene rings is 1. The van der Waals surface area contributed by atoms with E-state index in [9.17, 15) is 12.8 Å². The van der Waals surface area contributed by atoms with Gasteiger partial charge in [-0.3, -0.25) is 0 Å². The number of hydrogen-bond acceptors (Lipinski definition) is 3. The van der Waals surface area contributed by atoms with Crippen LogP contribution in [0.4, 0.5) is 10.1 Å². The van der Waals surface area contributed by atoms with Crippen molar-refractivity contribution in [2.75, 3.05) is 12.3 Å². The SMILES string of the molecule is CCCCCN(C(C)C)S(=O)(=O)c1cc(N)c(Br)cc1F. The maximum atomic E-state index is 14.0. The van der Waals surface area contributed by atoms with Gasteiger partial charge in [0.2, 0.25) is 10.0 Å². The standard InChI is InChI=1S/C14H22BrFN2O2S/c1-4-5-6-7-18(10(2)3)21(19,20)14-9-13(17)11(15)8-12(14)16/h8-10H,4-7,17H2,1-3H3. The lowest BCUT2D eigenvalue weighted by Gasteiger charge is -2.26. The number of nitrogen functional groups attached to an aromatic ring is 1. The maximum absolute atomic E-state index is 14.0. The van der Waals surface area contributed by atoms with Gasteiger partial charge in [0.1, 0.15) is 10.7 Å². The molecule has 1 rings (SSSR count). The second-order valence-corrected chi connectivity index (χ2v) is 7.93. The van der Waals surface area contributed by atoms with Gasteiger partial charge in [-0.1, -0.05) is 19.8 Å². The molecule has 0 aromatic heterocycles. The van der Waals surface area contributed by atoms with Crippen LogP contribution >= 0.6 is 15.9 Å². The molecule has 0 atom stereocenters. The van der Waals surface area contributed by atoms with Gasteiger partial charge in [-0.15, -0.1) is 0 Å². The molecule has 0 radical (unpaired) electrons. The van der Waals surface area contributed by atoms with E-state index in [1.807, 2.05) is 6.92 Å². The van der Waals surface area contributed by atoms with Crippen molar-refractivity contribution in [3.63, 3.8) is 0 Å². The quantitative estimate of drug-likeness (QED) is 0.578. The molecule has 0 saturated carbocycles. The first-order valence-electron chi connectivity index (χ1n) is 6.98. The number of sulfonamides is 1. The van der Waals surface area contributed by atoms with E-state index in [0.29, 0.717) is 11.0 Å². The maximum Gasteiger partial charge on any atom is 0.246 e. The molecule has 0 aliphatic heterocycles. The highest BCUT2D eigenvalue weighted by atomic mass is 79.9. The molecule has 7 heteroatoms. The van der Waals surface area contributed by atoms with Gasteiger partial charge in [0.25, 0.3) is 0 Å². The van der Waals surface area contributed by atoms with Crippen molar-refractivity contribution >= 4 is 31.6 Å². The minimum Gasteiger partial charge on any atom is -0.398 e. The van der Waals surface area contributed by atoms with Crippen LogP contribution in [-0.4, -0.2) is 25.3 Å². The molecule has 0 aliphatic carbocycles. The number of rotatable bonds is 7. The Kier molecular flexibility index (Phi) is 6.62. The summed E-state index contributed by atoms with van der Waals surface area (Å²) in [5.74, 6) is -0.794. The molecular weight excluding hydrogens is 359 g/mol. The monoisotopic (exact) mass is 380 g/mol. The predicted molar refractivity (Wildman–Crippen MR) is 87.1 cm³/mol. The summed E-state index contributed by atoms with van der Waals surface area (Å²) in [6.45, 7) is 5.99. The van der Waals surface area contributed by atoms with Crippen LogP contribution in [0.1, 0.15) is 40.0 Å². The summed E-state index contributed by atoms with van der Waals surface area (Å²) in [4.78, 5) is -0.367. The zero-order valence-electron chi connectivity index (χ0n) is 12.6. The Bertz CT molecular complexity index is 591. The van der Waals surface area contributed by atoms with Crippen molar-refractivity contribution in [1.29, 1.82) is 0 Å². The Balaban J connectivity index is 3.20. The molecule has 0 aliphatic rings. The van der Waals surface area contributed by atoms with Crippen LogP contribution in [0.3, 0.4) is 0 Å². The van der Waals surface area contributed by atoms with Gasteiger partial charge in [0.05, 0.1) is 0 Å². The van der Waals surface area contributed by atoms with E-state index in [1.165, 1.54) is 10.4 Å². The third kappa shape index (κ3) is 4.40. The lowest BCUT2D eigenvalue weighted by molar-refractivity contribution is 0.344. The third-order valence-electron chi connectivity index (χ3n) is 3.20. The molecule has 1 aromatic carbocycles. The molecule has 120 valence electrons. The third-order valence-corrected chi connectivity index (χ3v) is 5.97. The van der Waals surface area contributed by atoms with Gasteiger partial charge >= 0.3 is 0 Å². The van der Waals surface area contributed by atoms with Crippen LogP contribution in [0.25, 0.3) is 0 Å². The van der Waals surface area contributed by atoms with Crippen molar-refractivity contribution in [2.24, 2.45) is 0 Å². The number of hydrogen-bond donors (Lipinski definition) is 1. The van der Waals surface area contributed by atoms with Crippen molar-refractivity contribution in [3.8, 4) is 0 Å². The highest BCUT2D eigenvalue weighted by molar-refractivity contribution is 9.10. The zero-order valence-corrected chi connectivity index (χ0v) is 15.0. The van der Waals surface area contributed by atoms with Crippen LogP contribution in [0.5, 0.6) is 0 Å². The van der Waals surface area contributed by atoms with Gasteiger partial charge in [0.15, 0.2) is 0 Å². The van der Waals surface area contributed by atoms with Crippen molar-refractivity contribution in [2.45, 2.75) is 51.0 Å². The largest absolute Gasteiger partial charge is 0.398 e. The average Bonchev–Trinajstić information content (AvgIpc) is 2.38. The minimum absolute atomic E-state index is 0.201. The van der Waals surface area contributed by atoms with Crippen molar-refractivity contribution in [1.82, 2.24) is 4.31 Å². The summed E-state index contributed by atoms with van der Waals surface area (Å²) in [6.07, 6.45) is 2.68. The second kappa shape index (κ2) is 7.56. The van der Waals surface area contributed by atoms with E-state index in [0.717, 1.165) is 25.3 Å². The Morgan fingerprint density at radius 2 is 1.95 bits per heavy atom.